The molecule has 140 valence electrons. The Morgan fingerprint density at radius 2 is 1.07 bits per heavy atom. The van der Waals surface area contributed by atoms with Crippen LogP contribution in [0.2, 0.25) is 0 Å². The first-order valence-electron chi connectivity index (χ1n) is 8.83. The molecule has 2 rings (SSSR count). The molecule has 2 N–H and O–H groups in total. The van der Waals surface area contributed by atoms with Gasteiger partial charge in [0.05, 0.1) is 11.4 Å². The van der Waals surface area contributed by atoms with Gasteiger partial charge in [-0.05, 0) is 31.4 Å². The van der Waals surface area contributed by atoms with E-state index >= 15 is 0 Å². The Bertz CT molecular complexity index is 745. The minimum atomic E-state index is -0.220. The zero-order chi connectivity index (χ0) is 19.5. The van der Waals surface area contributed by atoms with E-state index in [-0.39, 0.29) is 24.7 Å². The summed E-state index contributed by atoms with van der Waals surface area (Å²) in [5.41, 5.74) is 8.39. The highest BCUT2D eigenvalue weighted by molar-refractivity contribution is 5.99. The van der Waals surface area contributed by atoms with Crippen LogP contribution in [0.5, 0.6) is 0 Å². The van der Waals surface area contributed by atoms with Crippen molar-refractivity contribution >= 4 is 23.2 Å². The van der Waals surface area contributed by atoms with Gasteiger partial charge < -0.3 is 0 Å². The van der Waals surface area contributed by atoms with Gasteiger partial charge in [-0.2, -0.15) is 10.2 Å². The lowest BCUT2D eigenvalue weighted by Gasteiger charge is -2.04. The molecule has 2 amide bonds. The zero-order valence-corrected chi connectivity index (χ0v) is 15.6. The number of hydrazone groups is 2. The summed E-state index contributed by atoms with van der Waals surface area (Å²) in [6.45, 7) is 3.66. The van der Waals surface area contributed by atoms with Gasteiger partial charge in [0.15, 0.2) is 0 Å². The van der Waals surface area contributed by atoms with Crippen LogP contribution in [0.15, 0.2) is 70.9 Å². The van der Waals surface area contributed by atoms with Crippen molar-refractivity contribution in [3.63, 3.8) is 0 Å². The molecule has 6 heteroatoms. The molecule has 0 saturated heterocycles. The SMILES string of the molecule is CC(=NNC(=O)CCCC(=O)NN=C(C)c1ccccc1)c1ccccc1. The maximum atomic E-state index is 11.8. The van der Waals surface area contributed by atoms with Crippen LogP contribution in [0.25, 0.3) is 0 Å². The van der Waals surface area contributed by atoms with Gasteiger partial charge >= 0.3 is 0 Å². The molecule has 0 aliphatic carbocycles. The summed E-state index contributed by atoms with van der Waals surface area (Å²) < 4.78 is 0. The Labute approximate surface area is 159 Å². The summed E-state index contributed by atoms with van der Waals surface area (Å²) in [4.78, 5) is 23.7. The maximum Gasteiger partial charge on any atom is 0.240 e. The van der Waals surface area contributed by atoms with E-state index in [0.717, 1.165) is 22.6 Å². The second-order valence-electron chi connectivity index (χ2n) is 6.05. The molecular weight excluding hydrogens is 340 g/mol. The van der Waals surface area contributed by atoms with Crippen LogP contribution in [-0.4, -0.2) is 23.2 Å². The van der Waals surface area contributed by atoms with Crippen LogP contribution in [0.3, 0.4) is 0 Å². The molecule has 0 heterocycles. The highest BCUT2D eigenvalue weighted by Crippen LogP contribution is 2.02. The number of benzene rings is 2. The molecular formula is C21H24N4O2. The van der Waals surface area contributed by atoms with Gasteiger partial charge in [-0.25, -0.2) is 10.9 Å². The third kappa shape index (κ3) is 7.23. The van der Waals surface area contributed by atoms with Crippen molar-refractivity contribution < 1.29 is 9.59 Å². The van der Waals surface area contributed by atoms with E-state index in [0.29, 0.717) is 6.42 Å². The minimum absolute atomic E-state index is 0.220. The third-order valence-corrected chi connectivity index (χ3v) is 3.89. The Balaban J connectivity index is 1.69. The van der Waals surface area contributed by atoms with Crippen LogP contribution in [0.4, 0.5) is 0 Å². The third-order valence-electron chi connectivity index (χ3n) is 3.89. The van der Waals surface area contributed by atoms with E-state index in [9.17, 15) is 9.59 Å². The largest absolute Gasteiger partial charge is 0.273 e. The minimum Gasteiger partial charge on any atom is -0.273 e. The molecule has 0 bridgehead atoms. The highest BCUT2D eigenvalue weighted by atomic mass is 16.2. The van der Waals surface area contributed by atoms with Gasteiger partial charge in [0.25, 0.3) is 0 Å². The van der Waals surface area contributed by atoms with Crippen molar-refractivity contribution in [2.45, 2.75) is 33.1 Å². The molecule has 2 aromatic rings. The molecule has 0 unspecified atom stereocenters. The molecule has 2 aromatic carbocycles. The summed E-state index contributed by atoms with van der Waals surface area (Å²) in [5.74, 6) is -0.441. The Morgan fingerprint density at radius 3 is 1.44 bits per heavy atom. The molecule has 6 nitrogen and oxygen atoms in total. The standard InChI is InChI=1S/C21H24N4O2/c1-16(18-10-5-3-6-11-18)22-24-20(26)14-9-15-21(27)25-23-17(2)19-12-7-4-8-13-19/h3-8,10-13H,9,14-15H2,1-2H3,(H,24,26)(H,25,27). The van der Waals surface area contributed by atoms with Gasteiger partial charge in [-0.3, -0.25) is 9.59 Å². The highest BCUT2D eigenvalue weighted by Gasteiger charge is 2.05. The molecule has 27 heavy (non-hydrogen) atoms. The summed E-state index contributed by atoms with van der Waals surface area (Å²) in [6.07, 6.45) is 0.873. The smallest absolute Gasteiger partial charge is 0.240 e. The van der Waals surface area contributed by atoms with Crippen molar-refractivity contribution in [3.8, 4) is 0 Å². The predicted molar refractivity (Wildman–Crippen MR) is 107 cm³/mol. The van der Waals surface area contributed by atoms with Crippen LogP contribution in [0.1, 0.15) is 44.2 Å². The van der Waals surface area contributed by atoms with Gasteiger partial charge in [-0.15, -0.1) is 0 Å². The zero-order valence-electron chi connectivity index (χ0n) is 15.6. The van der Waals surface area contributed by atoms with Crippen molar-refractivity contribution in [2.75, 3.05) is 0 Å². The Morgan fingerprint density at radius 1 is 0.704 bits per heavy atom. The molecule has 0 aliphatic heterocycles. The first-order chi connectivity index (χ1) is 13.1. The molecule has 0 aromatic heterocycles. The van der Waals surface area contributed by atoms with Gasteiger partial charge in [0.2, 0.25) is 11.8 Å². The van der Waals surface area contributed by atoms with Crippen molar-refractivity contribution in [3.05, 3.63) is 71.8 Å². The lowest BCUT2D eigenvalue weighted by molar-refractivity contribution is -0.122. The molecule has 0 aliphatic rings. The quantitative estimate of drug-likeness (QED) is 0.557. The lowest BCUT2D eigenvalue weighted by Crippen LogP contribution is -2.21. The normalized spacial score (nSPS) is 11.8. The monoisotopic (exact) mass is 364 g/mol. The second kappa shape index (κ2) is 10.7. The summed E-state index contributed by atoms with van der Waals surface area (Å²) in [5, 5.41) is 8.16. The van der Waals surface area contributed by atoms with E-state index in [4.69, 9.17) is 0 Å². The summed E-state index contributed by atoms with van der Waals surface area (Å²) in [6, 6.07) is 19.2. The maximum absolute atomic E-state index is 11.8. The summed E-state index contributed by atoms with van der Waals surface area (Å²) in [7, 11) is 0. The fraction of sp³-hybridized carbons (Fsp3) is 0.238. The number of amides is 2. The molecule has 0 fully saturated rings. The van der Waals surface area contributed by atoms with Crippen LogP contribution in [-0.2, 0) is 9.59 Å². The van der Waals surface area contributed by atoms with Crippen molar-refractivity contribution in [1.82, 2.24) is 10.9 Å². The van der Waals surface area contributed by atoms with Crippen LogP contribution in [0, 0.1) is 0 Å². The average Bonchev–Trinajstić information content (AvgIpc) is 2.71. The molecule has 0 saturated carbocycles. The Hall–Kier alpha value is -3.28. The van der Waals surface area contributed by atoms with Gasteiger partial charge in [-0.1, -0.05) is 60.7 Å². The fourth-order valence-corrected chi connectivity index (χ4v) is 2.30. The molecule has 0 spiro atoms. The second-order valence-corrected chi connectivity index (χ2v) is 6.05. The first-order valence-corrected chi connectivity index (χ1v) is 8.83. The van der Waals surface area contributed by atoms with Crippen molar-refractivity contribution in [2.24, 2.45) is 10.2 Å². The van der Waals surface area contributed by atoms with Crippen LogP contribution < -0.4 is 10.9 Å². The van der Waals surface area contributed by atoms with Gasteiger partial charge in [0.1, 0.15) is 0 Å². The Kier molecular flexibility index (Phi) is 7.91. The fourth-order valence-electron chi connectivity index (χ4n) is 2.30. The van der Waals surface area contributed by atoms with E-state index in [1.54, 1.807) is 0 Å². The molecule has 0 radical (unpaired) electrons. The van der Waals surface area contributed by atoms with Gasteiger partial charge in [0, 0.05) is 12.8 Å². The average molecular weight is 364 g/mol. The number of nitrogens with one attached hydrogen (secondary N) is 2. The number of rotatable bonds is 8. The summed E-state index contributed by atoms with van der Waals surface area (Å²) >= 11 is 0. The topological polar surface area (TPSA) is 82.9 Å². The predicted octanol–water partition coefficient (Wildman–Crippen LogP) is 3.24. The van der Waals surface area contributed by atoms with Crippen LogP contribution >= 0.6 is 0 Å². The first kappa shape index (κ1) is 20.0. The van der Waals surface area contributed by atoms with E-state index in [1.807, 2.05) is 74.5 Å². The number of carbonyl (C=O) groups is 2. The number of nitrogens with zero attached hydrogens (tertiary/aromatic N) is 2. The van der Waals surface area contributed by atoms with Crippen molar-refractivity contribution in [1.29, 1.82) is 0 Å². The molecule has 0 atom stereocenters. The lowest BCUT2D eigenvalue weighted by atomic mass is 10.1. The van der Waals surface area contributed by atoms with E-state index < -0.39 is 0 Å². The number of hydrogen-bond donors (Lipinski definition) is 2. The number of hydrogen-bond acceptors (Lipinski definition) is 4. The van der Waals surface area contributed by atoms with E-state index in [1.165, 1.54) is 0 Å². The number of carbonyl (C=O) groups excluding carboxylic acids is 2. The van der Waals surface area contributed by atoms with E-state index in [2.05, 4.69) is 21.1 Å².